The van der Waals surface area contributed by atoms with Crippen molar-refractivity contribution in [3.63, 3.8) is 0 Å². The number of benzene rings is 1. The minimum atomic E-state index is -2.04. The first-order valence-corrected chi connectivity index (χ1v) is 4.83. The van der Waals surface area contributed by atoms with Gasteiger partial charge in [-0.1, -0.05) is 12.1 Å². The van der Waals surface area contributed by atoms with Gasteiger partial charge in [-0.3, -0.25) is 0 Å². The minimum absolute atomic E-state index is 0.278. The molecule has 1 heterocycles. The second-order valence-electron chi connectivity index (χ2n) is 2.47. The first-order chi connectivity index (χ1) is 6.79. The molecule has 0 aliphatic heterocycles. The quantitative estimate of drug-likeness (QED) is 0.718. The van der Waals surface area contributed by atoms with Crippen LogP contribution in [0.3, 0.4) is 0 Å². The molecule has 0 aliphatic rings. The summed E-state index contributed by atoms with van der Waals surface area (Å²) in [5.41, 5.74) is 0.498. The molecule has 0 radical (unpaired) electrons. The molecule has 14 heavy (non-hydrogen) atoms. The first kappa shape index (κ1) is 8.97. The molecule has 6 nitrogen and oxygen atoms in total. The van der Waals surface area contributed by atoms with Crippen molar-refractivity contribution in [3.8, 4) is 5.69 Å². The maximum absolute atomic E-state index is 10.9. The normalized spacial score (nSPS) is 12.6. The standard InChI is InChI=1S/C7H6N4O2S/c12-14(13)7-4-2-1-3-6(7)11-5-8-9-10-11/h1-5H,(H,12,13). The summed E-state index contributed by atoms with van der Waals surface area (Å²) in [7, 11) is 0. The Morgan fingerprint density at radius 2 is 2.14 bits per heavy atom. The number of para-hydroxylation sites is 1. The second-order valence-corrected chi connectivity index (χ2v) is 3.41. The van der Waals surface area contributed by atoms with Crippen LogP contribution in [0.1, 0.15) is 0 Å². The molecule has 0 saturated heterocycles. The molecule has 0 spiro atoms. The van der Waals surface area contributed by atoms with Crippen LogP contribution in [0.15, 0.2) is 35.5 Å². The largest absolute Gasteiger partial charge is 0.302 e. The van der Waals surface area contributed by atoms with E-state index in [2.05, 4.69) is 15.5 Å². The van der Waals surface area contributed by atoms with Gasteiger partial charge in [0.1, 0.15) is 6.33 Å². The molecular formula is C7H6N4O2S. The van der Waals surface area contributed by atoms with Gasteiger partial charge in [0.05, 0.1) is 10.6 Å². The predicted molar refractivity (Wildman–Crippen MR) is 48.2 cm³/mol. The summed E-state index contributed by atoms with van der Waals surface area (Å²) in [5.74, 6) is 0. The van der Waals surface area contributed by atoms with E-state index in [1.54, 1.807) is 24.3 Å². The Morgan fingerprint density at radius 1 is 1.36 bits per heavy atom. The Labute approximate surface area is 81.8 Å². The SMILES string of the molecule is O=S(O)c1ccccc1-n1cnnn1. The van der Waals surface area contributed by atoms with Crippen molar-refractivity contribution in [2.45, 2.75) is 4.90 Å². The first-order valence-electron chi connectivity index (χ1n) is 3.72. The van der Waals surface area contributed by atoms with Gasteiger partial charge in [-0.15, -0.1) is 5.10 Å². The van der Waals surface area contributed by atoms with Crippen LogP contribution in [0.2, 0.25) is 0 Å². The smallest absolute Gasteiger partial charge is 0.188 e. The number of hydrogen-bond donors (Lipinski definition) is 1. The summed E-state index contributed by atoms with van der Waals surface area (Å²) in [4.78, 5) is 0.278. The van der Waals surface area contributed by atoms with E-state index in [1.807, 2.05) is 0 Å². The molecule has 1 atom stereocenters. The van der Waals surface area contributed by atoms with Gasteiger partial charge in [-0.25, -0.2) is 4.21 Å². The molecule has 0 fully saturated rings. The summed E-state index contributed by atoms with van der Waals surface area (Å²) in [6, 6.07) is 6.64. The molecule has 0 saturated carbocycles. The number of aromatic nitrogens is 4. The highest BCUT2D eigenvalue weighted by atomic mass is 32.2. The van der Waals surface area contributed by atoms with Crippen molar-refractivity contribution in [1.29, 1.82) is 0 Å². The Balaban J connectivity index is 2.58. The van der Waals surface area contributed by atoms with Crippen LogP contribution in [-0.4, -0.2) is 29.0 Å². The lowest BCUT2D eigenvalue weighted by Gasteiger charge is -2.03. The summed E-state index contributed by atoms with van der Waals surface area (Å²) in [6.45, 7) is 0. The number of rotatable bonds is 2. The molecule has 1 unspecified atom stereocenters. The summed E-state index contributed by atoms with van der Waals surface area (Å²) >= 11 is -2.04. The Morgan fingerprint density at radius 3 is 2.79 bits per heavy atom. The second kappa shape index (κ2) is 3.64. The van der Waals surface area contributed by atoms with Gasteiger partial charge < -0.3 is 4.55 Å². The van der Waals surface area contributed by atoms with Crippen LogP contribution in [0, 0.1) is 0 Å². The number of hydrogen-bond acceptors (Lipinski definition) is 4. The lowest BCUT2D eigenvalue weighted by molar-refractivity contribution is 0.563. The fourth-order valence-electron chi connectivity index (χ4n) is 1.07. The molecule has 2 aromatic rings. The molecule has 7 heteroatoms. The number of nitrogens with zero attached hydrogens (tertiary/aromatic N) is 4. The van der Waals surface area contributed by atoms with Crippen LogP contribution in [0.4, 0.5) is 0 Å². The fraction of sp³-hybridized carbons (Fsp3) is 0. The van der Waals surface area contributed by atoms with Gasteiger partial charge in [-0.2, -0.15) is 4.68 Å². The van der Waals surface area contributed by atoms with Crippen LogP contribution < -0.4 is 0 Å². The van der Waals surface area contributed by atoms with E-state index in [0.717, 1.165) is 0 Å². The lowest BCUT2D eigenvalue weighted by atomic mass is 10.3. The van der Waals surface area contributed by atoms with E-state index < -0.39 is 11.1 Å². The molecule has 1 aromatic carbocycles. The maximum Gasteiger partial charge on any atom is 0.188 e. The van der Waals surface area contributed by atoms with Crippen LogP contribution in [0.25, 0.3) is 5.69 Å². The van der Waals surface area contributed by atoms with E-state index in [9.17, 15) is 4.21 Å². The zero-order valence-corrected chi connectivity index (χ0v) is 7.76. The predicted octanol–water partition coefficient (Wildman–Crippen LogP) is 0.243. The van der Waals surface area contributed by atoms with Crippen molar-refractivity contribution in [2.24, 2.45) is 0 Å². The monoisotopic (exact) mass is 210 g/mol. The van der Waals surface area contributed by atoms with Crippen molar-refractivity contribution in [2.75, 3.05) is 0 Å². The van der Waals surface area contributed by atoms with Crippen LogP contribution >= 0.6 is 0 Å². The number of tetrazole rings is 1. The molecule has 1 N–H and O–H groups in total. The molecule has 2 rings (SSSR count). The van der Waals surface area contributed by atoms with Gasteiger partial charge in [0.2, 0.25) is 0 Å². The van der Waals surface area contributed by atoms with E-state index in [-0.39, 0.29) is 4.90 Å². The highest BCUT2D eigenvalue weighted by Crippen LogP contribution is 2.15. The summed E-state index contributed by atoms with van der Waals surface area (Å²) in [5, 5.41) is 10.5. The average Bonchev–Trinajstić information content (AvgIpc) is 2.70. The van der Waals surface area contributed by atoms with Gasteiger partial charge in [-0.05, 0) is 22.6 Å². The van der Waals surface area contributed by atoms with Crippen molar-refractivity contribution in [1.82, 2.24) is 20.2 Å². The minimum Gasteiger partial charge on any atom is -0.302 e. The van der Waals surface area contributed by atoms with E-state index in [0.29, 0.717) is 5.69 Å². The maximum atomic E-state index is 10.9. The molecule has 0 aliphatic carbocycles. The van der Waals surface area contributed by atoms with Gasteiger partial charge in [0, 0.05) is 0 Å². The molecular weight excluding hydrogens is 204 g/mol. The van der Waals surface area contributed by atoms with Gasteiger partial charge in [0.25, 0.3) is 0 Å². The molecule has 72 valence electrons. The zero-order valence-electron chi connectivity index (χ0n) is 6.94. The molecule has 1 aromatic heterocycles. The lowest BCUT2D eigenvalue weighted by Crippen LogP contribution is -2.01. The van der Waals surface area contributed by atoms with Crippen LogP contribution in [-0.2, 0) is 11.1 Å². The molecule has 0 bridgehead atoms. The Kier molecular flexibility index (Phi) is 2.33. The molecule has 0 amide bonds. The summed E-state index contributed by atoms with van der Waals surface area (Å²) in [6.07, 6.45) is 1.37. The van der Waals surface area contributed by atoms with Gasteiger partial charge in [0.15, 0.2) is 11.1 Å². The van der Waals surface area contributed by atoms with Crippen molar-refractivity contribution >= 4 is 11.1 Å². The Hall–Kier alpha value is -1.60. The Bertz CT molecular complexity index is 456. The zero-order chi connectivity index (χ0) is 9.97. The fourth-order valence-corrected chi connectivity index (χ4v) is 1.60. The van der Waals surface area contributed by atoms with Crippen molar-refractivity contribution in [3.05, 3.63) is 30.6 Å². The highest BCUT2D eigenvalue weighted by Gasteiger charge is 2.09. The van der Waals surface area contributed by atoms with E-state index in [4.69, 9.17) is 4.55 Å². The third-order valence-corrected chi connectivity index (χ3v) is 2.37. The van der Waals surface area contributed by atoms with E-state index in [1.165, 1.54) is 11.0 Å². The van der Waals surface area contributed by atoms with Gasteiger partial charge >= 0.3 is 0 Å². The topological polar surface area (TPSA) is 80.9 Å². The van der Waals surface area contributed by atoms with E-state index >= 15 is 0 Å². The van der Waals surface area contributed by atoms with Crippen LogP contribution in [0.5, 0.6) is 0 Å². The third-order valence-electron chi connectivity index (χ3n) is 1.65. The summed E-state index contributed by atoms with van der Waals surface area (Å²) < 4.78 is 21.3. The van der Waals surface area contributed by atoms with Crippen molar-refractivity contribution < 1.29 is 8.76 Å². The highest BCUT2D eigenvalue weighted by molar-refractivity contribution is 7.79. The third kappa shape index (κ3) is 1.54. The average molecular weight is 210 g/mol.